The Labute approximate surface area is 298 Å². The van der Waals surface area contributed by atoms with Gasteiger partial charge in [0.15, 0.2) is 23.4 Å². The Bertz CT molecular complexity index is 2490. The maximum absolute atomic E-state index is 14.2. The summed E-state index contributed by atoms with van der Waals surface area (Å²) < 4.78 is 20.4. The van der Waals surface area contributed by atoms with Crippen molar-refractivity contribution in [1.82, 2.24) is 25.6 Å². The van der Waals surface area contributed by atoms with Crippen LogP contribution in [0, 0.1) is 5.92 Å². The Morgan fingerprint density at radius 1 is 1.08 bits per heavy atom. The molecule has 6 aromatic rings. The van der Waals surface area contributed by atoms with Crippen molar-refractivity contribution in [3.63, 3.8) is 0 Å². The molecule has 12 heteroatoms. The van der Waals surface area contributed by atoms with Crippen molar-refractivity contribution in [3.8, 4) is 39.8 Å². The fourth-order valence-corrected chi connectivity index (χ4v) is 8.33. The number of ether oxygens (including phenoxy) is 1. The maximum atomic E-state index is 14.2. The van der Waals surface area contributed by atoms with E-state index in [-0.39, 0.29) is 30.5 Å². The van der Waals surface area contributed by atoms with Crippen LogP contribution in [-0.2, 0) is 21.4 Å². The number of rotatable bonds is 4. The lowest BCUT2D eigenvalue weighted by Crippen LogP contribution is -2.54. The lowest BCUT2D eigenvalue weighted by Gasteiger charge is -2.29. The quantitative estimate of drug-likeness (QED) is 0.150. The molecule has 262 valence electrons. The van der Waals surface area contributed by atoms with Gasteiger partial charge in [-0.05, 0) is 42.5 Å². The number of hydrogen-bond donors (Lipinski definition) is 5. The van der Waals surface area contributed by atoms with Gasteiger partial charge in [0.25, 0.3) is 5.91 Å². The van der Waals surface area contributed by atoms with Gasteiger partial charge in [-0.3, -0.25) is 9.59 Å². The highest BCUT2D eigenvalue weighted by molar-refractivity contribution is 6.07. The summed E-state index contributed by atoms with van der Waals surface area (Å²) in [5, 5.41) is 21.5. The van der Waals surface area contributed by atoms with E-state index in [4.69, 9.17) is 23.5 Å². The number of nitrogens with zero attached hydrogens (tertiary/aromatic N) is 2. The van der Waals surface area contributed by atoms with Crippen molar-refractivity contribution in [2.24, 2.45) is 5.92 Å². The standard InChI is InChI=1S/C40H36N6O6/c1-5-39(4,49)37(48)43-26-15-19-12-13-27-24(14-19)40-23-10-6-9-21(31(23)46-38(40)51-27)20-8-7-11-25-29(20)22(16-41-25)28-17-42-35(50-28)32-33(40)52-36(45-32)30(18(2)3)44-34(26)47/h6-14,16-18,26,30,38,41,46,49H,5,15H2,1-4H3,(H,43,48)(H,44,47)/t26-,30-,38?,39?,40?/m0/s1. The molecule has 0 fully saturated rings. The number of H-pyrrole nitrogens is 1. The number of benzene rings is 3. The molecule has 1 spiro atoms. The van der Waals surface area contributed by atoms with Gasteiger partial charge < -0.3 is 39.6 Å². The monoisotopic (exact) mass is 696 g/mol. The molecule has 2 amide bonds. The van der Waals surface area contributed by atoms with Crippen LogP contribution in [0.2, 0.25) is 0 Å². The van der Waals surface area contributed by atoms with E-state index in [9.17, 15) is 14.7 Å². The highest BCUT2D eigenvalue weighted by atomic mass is 16.5. The summed E-state index contributed by atoms with van der Waals surface area (Å²) in [5.41, 5.74) is 4.95. The molecular weight excluding hydrogens is 660 g/mol. The Balaban J connectivity index is 1.28. The van der Waals surface area contributed by atoms with E-state index in [1.165, 1.54) is 6.92 Å². The van der Waals surface area contributed by atoms with E-state index >= 15 is 0 Å². The predicted molar refractivity (Wildman–Crippen MR) is 191 cm³/mol. The lowest BCUT2D eigenvalue weighted by molar-refractivity contribution is -0.141. The fraction of sp³-hybridized carbons (Fsp3) is 0.300. The number of aromatic nitrogens is 3. The second kappa shape index (κ2) is 10.6. The second-order valence-electron chi connectivity index (χ2n) is 14.8. The molecule has 10 bridgehead atoms. The third kappa shape index (κ3) is 4.06. The Kier molecular flexibility index (Phi) is 6.29. The molecule has 4 aliphatic rings. The third-order valence-electron chi connectivity index (χ3n) is 11.3. The Morgan fingerprint density at radius 2 is 1.90 bits per heavy atom. The van der Waals surface area contributed by atoms with Crippen LogP contribution >= 0.6 is 0 Å². The maximum Gasteiger partial charge on any atom is 0.252 e. The molecule has 7 heterocycles. The molecule has 3 aromatic heterocycles. The number of amides is 2. The van der Waals surface area contributed by atoms with Crippen LogP contribution in [0.25, 0.3) is 44.9 Å². The number of carbonyl (C=O) groups is 2. The van der Waals surface area contributed by atoms with Crippen LogP contribution in [0.5, 0.6) is 5.75 Å². The summed E-state index contributed by atoms with van der Waals surface area (Å²) in [4.78, 5) is 40.8. The van der Waals surface area contributed by atoms with Crippen LogP contribution in [0.1, 0.15) is 68.5 Å². The molecule has 0 aliphatic carbocycles. The number of fused-ring (bicyclic) bond motifs is 7. The highest BCUT2D eigenvalue weighted by Gasteiger charge is 2.61. The fourth-order valence-electron chi connectivity index (χ4n) is 8.33. The number of aromatic amines is 1. The van der Waals surface area contributed by atoms with Crippen molar-refractivity contribution < 1.29 is 28.3 Å². The molecule has 0 radical (unpaired) electrons. The average Bonchev–Trinajstić information content (AvgIpc) is 3.95. The molecule has 10 rings (SSSR count). The predicted octanol–water partition coefficient (Wildman–Crippen LogP) is 5.95. The third-order valence-corrected chi connectivity index (χ3v) is 11.3. The molecule has 12 nitrogen and oxygen atoms in total. The van der Waals surface area contributed by atoms with E-state index in [1.807, 2.05) is 50.4 Å². The molecule has 3 unspecified atom stereocenters. The van der Waals surface area contributed by atoms with E-state index in [2.05, 4.69) is 45.2 Å². The molecule has 5 N–H and O–H groups in total. The number of aliphatic hydroxyl groups is 1. The van der Waals surface area contributed by atoms with Crippen molar-refractivity contribution in [2.75, 3.05) is 5.32 Å². The van der Waals surface area contributed by atoms with Gasteiger partial charge >= 0.3 is 0 Å². The van der Waals surface area contributed by atoms with Crippen LogP contribution in [0.4, 0.5) is 5.69 Å². The summed E-state index contributed by atoms with van der Waals surface area (Å²) in [6, 6.07) is 16.6. The van der Waals surface area contributed by atoms with Crippen LogP contribution in [-0.4, -0.2) is 49.7 Å². The number of carbonyl (C=O) groups excluding carboxylic acids is 2. The second-order valence-corrected chi connectivity index (χ2v) is 14.8. The SMILES string of the molecule is CCC(C)(O)C(=O)N[C@H]1Cc2ccc3c(c2)C24c5cccc(c5NC2O3)-c2cccc3[nH]cc(c23)-c2cnc(o2)-c2nc(oc24)[C@H](C(C)C)NC1=O. The minimum absolute atomic E-state index is 0.164. The average molecular weight is 697 g/mol. The van der Waals surface area contributed by atoms with E-state index in [1.54, 1.807) is 13.1 Å². The number of nitrogens with one attached hydrogen (secondary N) is 4. The van der Waals surface area contributed by atoms with Crippen LogP contribution in [0.3, 0.4) is 0 Å². The summed E-state index contributed by atoms with van der Waals surface area (Å²) in [5.74, 6) is 1.00. The molecular formula is C40H36N6O6. The minimum atomic E-state index is -1.66. The van der Waals surface area contributed by atoms with Crippen LogP contribution in [0.15, 0.2) is 75.8 Å². The van der Waals surface area contributed by atoms with Gasteiger partial charge in [-0.1, -0.05) is 63.2 Å². The van der Waals surface area contributed by atoms with E-state index < -0.39 is 41.1 Å². The first-order valence-electron chi connectivity index (χ1n) is 17.7. The van der Waals surface area contributed by atoms with Crippen molar-refractivity contribution in [1.29, 1.82) is 0 Å². The van der Waals surface area contributed by atoms with Gasteiger partial charge in [0.2, 0.25) is 17.7 Å². The first kappa shape index (κ1) is 30.9. The van der Waals surface area contributed by atoms with Crippen molar-refractivity contribution in [3.05, 3.63) is 95.3 Å². The molecule has 52 heavy (non-hydrogen) atoms. The summed E-state index contributed by atoms with van der Waals surface area (Å²) in [6.07, 6.45) is 3.35. The largest absolute Gasteiger partial charge is 0.469 e. The van der Waals surface area contributed by atoms with Crippen LogP contribution < -0.4 is 20.7 Å². The zero-order valence-electron chi connectivity index (χ0n) is 29.0. The molecule has 3 aromatic carbocycles. The van der Waals surface area contributed by atoms with Gasteiger partial charge in [-0.15, -0.1) is 0 Å². The molecule has 5 atom stereocenters. The lowest BCUT2D eigenvalue weighted by atomic mass is 9.72. The number of hydrogen-bond acceptors (Lipinski definition) is 9. The Hall–Kier alpha value is -5.88. The highest BCUT2D eigenvalue weighted by Crippen LogP contribution is 2.61. The summed E-state index contributed by atoms with van der Waals surface area (Å²) in [6.45, 7) is 7.10. The molecule has 0 saturated carbocycles. The first-order chi connectivity index (χ1) is 25.1. The van der Waals surface area contributed by atoms with E-state index in [0.29, 0.717) is 23.0 Å². The number of para-hydroxylation sites is 1. The topological polar surface area (TPSA) is 168 Å². The van der Waals surface area contributed by atoms with Gasteiger partial charge in [-0.25, -0.2) is 9.97 Å². The van der Waals surface area contributed by atoms with Crippen molar-refractivity contribution in [2.45, 2.75) is 69.9 Å². The number of oxazole rings is 2. The molecule has 4 aliphatic heterocycles. The summed E-state index contributed by atoms with van der Waals surface area (Å²) >= 11 is 0. The number of anilines is 1. The van der Waals surface area contributed by atoms with E-state index in [0.717, 1.165) is 50.0 Å². The Morgan fingerprint density at radius 3 is 2.73 bits per heavy atom. The zero-order chi connectivity index (χ0) is 35.7. The van der Waals surface area contributed by atoms with Gasteiger partial charge in [-0.2, -0.15) is 0 Å². The van der Waals surface area contributed by atoms with Gasteiger partial charge in [0.05, 0.1) is 6.20 Å². The van der Waals surface area contributed by atoms with Gasteiger partial charge in [0, 0.05) is 51.5 Å². The minimum Gasteiger partial charge on any atom is -0.469 e. The zero-order valence-corrected chi connectivity index (χ0v) is 29.0. The summed E-state index contributed by atoms with van der Waals surface area (Å²) in [7, 11) is 0. The normalized spacial score (nSPS) is 23.1. The smallest absolute Gasteiger partial charge is 0.252 e. The van der Waals surface area contributed by atoms with Crippen molar-refractivity contribution >= 4 is 28.4 Å². The first-order valence-corrected chi connectivity index (χ1v) is 17.7. The molecule has 0 saturated heterocycles. The van der Waals surface area contributed by atoms with Gasteiger partial charge in [0.1, 0.15) is 28.8 Å².